The number of ether oxygens (including phenoxy) is 1. The average Bonchev–Trinajstić information content (AvgIpc) is 2.96. The second-order valence-corrected chi connectivity index (χ2v) is 4.99. The van der Waals surface area contributed by atoms with Gasteiger partial charge in [-0.2, -0.15) is 5.26 Å². The second-order valence-electron chi connectivity index (χ2n) is 4.55. The summed E-state index contributed by atoms with van der Waals surface area (Å²) in [5.41, 5.74) is 1.77. The number of esters is 1. The van der Waals surface area contributed by atoms with E-state index in [1.807, 2.05) is 19.1 Å². The maximum atomic E-state index is 11.6. The second kappa shape index (κ2) is 6.97. The zero-order valence-electron chi connectivity index (χ0n) is 12.2. The molecule has 0 N–H and O–H groups in total. The largest absolute Gasteiger partial charge is 0.462 e. The van der Waals surface area contributed by atoms with E-state index in [2.05, 4.69) is 0 Å². The van der Waals surface area contributed by atoms with E-state index in [1.165, 1.54) is 6.08 Å². The summed E-state index contributed by atoms with van der Waals surface area (Å²) in [7, 11) is 0. The number of nitrogens with zero attached hydrogens (tertiary/aromatic N) is 1. The molecule has 0 bridgehead atoms. The third kappa shape index (κ3) is 3.57. The van der Waals surface area contributed by atoms with Crippen molar-refractivity contribution in [3.63, 3.8) is 0 Å². The van der Waals surface area contributed by atoms with Crippen LogP contribution in [0.3, 0.4) is 0 Å². The van der Waals surface area contributed by atoms with Crippen LogP contribution in [0.15, 0.2) is 40.3 Å². The molecule has 0 saturated carbocycles. The number of hydrogen-bond donors (Lipinski definition) is 0. The van der Waals surface area contributed by atoms with Crippen molar-refractivity contribution in [3.8, 4) is 17.4 Å². The number of benzene rings is 1. The van der Waals surface area contributed by atoms with Crippen molar-refractivity contribution in [1.82, 2.24) is 0 Å². The lowest BCUT2D eigenvalue weighted by molar-refractivity contribution is -0.137. The van der Waals surface area contributed by atoms with Crippen LogP contribution in [0.4, 0.5) is 0 Å². The molecule has 1 heterocycles. The van der Waals surface area contributed by atoms with Crippen molar-refractivity contribution in [2.24, 2.45) is 0 Å². The van der Waals surface area contributed by atoms with Gasteiger partial charge in [-0.3, -0.25) is 0 Å². The van der Waals surface area contributed by atoms with E-state index >= 15 is 0 Å². The van der Waals surface area contributed by atoms with Gasteiger partial charge in [-0.1, -0.05) is 17.7 Å². The van der Waals surface area contributed by atoms with Crippen molar-refractivity contribution in [3.05, 3.63) is 52.3 Å². The van der Waals surface area contributed by atoms with Crippen molar-refractivity contribution >= 4 is 23.6 Å². The van der Waals surface area contributed by atoms with E-state index in [9.17, 15) is 4.79 Å². The Hall–Kier alpha value is -2.51. The van der Waals surface area contributed by atoms with Crippen LogP contribution in [0, 0.1) is 18.3 Å². The molecule has 0 aliphatic heterocycles. The lowest BCUT2D eigenvalue weighted by Gasteiger charge is -2.02. The SMILES string of the molecule is CCOC(=O)/C(C#N)=C/c1ccc(-c2cc(Cl)ccc2C)o1. The fraction of sp³-hybridized carbons (Fsp3) is 0.176. The molecule has 0 unspecified atom stereocenters. The average molecular weight is 316 g/mol. The highest BCUT2D eigenvalue weighted by Crippen LogP contribution is 2.28. The zero-order chi connectivity index (χ0) is 16.1. The molecule has 1 aromatic carbocycles. The molecule has 2 aromatic rings. The van der Waals surface area contributed by atoms with E-state index in [1.54, 1.807) is 31.2 Å². The summed E-state index contributed by atoms with van der Waals surface area (Å²) < 4.78 is 10.5. The van der Waals surface area contributed by atoms with Crippen LogP contribution in [0.1, 0.15) is 18.2 Å². The molecule has 1 aromatic heterocycles. The molecule has 0 aliphatic rings. The first kappa shape index (κ1) is 15.9. The van der Waals surface area contributed by atoms with Crippen LogP contribution in [-0.4, -0.2) is 12.6 Å². The first-order valence-electron chi connectivity index (χ1n) is 6.70. The Kier molecular flexibility index (Phi) is 5.03. The molecule has 112 valence electrons. The first-order chi connectivity index (χ1) is 10.5. The van der Waals surface area contributed by atoms with Crippen molar-refractivity contribution in [2.75, 3.05) is 6.61 Å². The van der Waals surface area contributed by atoms with Crippen LogP contribution in [0.2, 0.25) is 5.02 Å². The summed E-state index contributed by atoms with van der Waals surface area (Å²) in [4.78, 5) is 11.6. The molecule has 0 amide bonds. The molecule has 0 aliphatic carbocycles. The van der Waals surface area contributed by atoms with Gasteiger partial charge in [0.2, 0.25) is 0 Å². The number of carbonyl (C=O) groups excluding carboxylic acids is 1. The predicted octanol–water partition coefficient (Wildman–Crippen LogP) is 4.38. The van der Waals surface area contributed by atoms with Crippen molar-refractivity contribution in [2.45, 2.75) is 13.8 Å². The van der Waals surface area contributed by atoms with E-state index in [-0.39, 0.29) is 12.2 Å². The van der Waals surface area contributed by atoms with Crippen LogP contribution in [0.25, 0.3) is 17.4 Å². The highest BCUT2D eigenvalue weighted by molar-refractivity contribution is 6.30. The van der Waals surface area contributed by atoms with Gasteiger partial charge < -0.3 is 9.15 Å². The number of nitriles is 1. The quantitative estimate of drug-likeness (QED) is 0.477. The number of hydrogen-bond acceptors (Lipinski definition) is 4. The van der Waals surface area contributed by atoms with Crippen molar-refractivity contribution in [1.29, 1.82) is 5.26 Å². The third-order valence-electron chi connectivity index (χ3n) is 2.99. The van der Waals surface area contributed by atoms with E-state index in [0.29, 0.717) is 16.5 Å². The molecule has 0 saturated heterocycles. The molecule has 0 radical (unpaired) electrons. The van der Waals surface area contributed by atoms with Gasteiger partial charge in [0.1, 0.15) is 23.2 Å². The Balaban J connectivity index is 2.34. The van der Waals surface area contributed by atoms with Gasteiger partial charge >= 0.3 is 5.97 Å². The Bertz CT molecular complexity index is 768. The van der Waals surface area contributed by atoms with Crippen LogP contribution >= 0.6 is 11.6 Å². The molecular formula is C17H14ClNO3. The topological polar surface area (TPSA) is 63.2 Å². The summed E-state index contributed by atoms with van der Waals surface area (Å²) in [6, 6.07) is 10.8. The lowest BCUT2D eigenvalue weighted by atomic mass is 10.1. The molecule has 2 rings (SSSR count). The fourth-order valence-corrected chi connectivity index (χ4v) is 2.09. The number of halogens is 1. The van der Waals surface area contributed by atoms with Crippen LogP contribution < -0.4 is 0 Å². The molecule has 0 atom stereocenters. The van der Waals surface area contributed by atoms with Crippen molar-refractivity contribution < 1.29 is 13.9 Å². The molecule has 0 spiro atoms. The fourth-order valence-electron chi connectivity index (χ4n) is 1.92. The number of furan rings is 1. The molecular weight excluding hydrogens is 302 g/mol. The van der Waals surface area contributed by atoms with E-state index in [4.69, 9.17) is 26.0 Å². The number of rotatable bonds is 4. The van der Waals surface area contributed by atoms with Gasteiger partial charge in [-0.15, -0.1) is 0 Å². The normalized spacial score (nSPS) is 11.1. The molecule has 5 heteroatoms. The van der Waals surface area contributed by atoms with Gasteiger partial charge in [-0.25, -0.2) is 4.79 Å². The van der Waals surface area contributed by atoms with E-state index in [0.717, 1.165) is 11.1 Å². The van der Waals surface area contributed by atoms with Gasteiger partial charge in [0.15, 0.2) is 0 Å². The number of aryl methyl sites for hydroxylation is 1. The van der Waals surface area contributed by atoms with Crippen LogP contribution in [0.5, 0.6) is 0 Å². The Morgan fingerprint density at radius 3 is 2.86 bits per heavy atom. The minimum absolute atomic E-state index is 0.106. The van der Waals surface area contributed by atoms with Gasteiger partial charge in [0.05, 0.1) is 6.61 Å². The Morgan fingerprint density at radius 1 is 1.41 bits per heavy atom. The first-order valence-corrected chi connectivity index (χ1v) is 7.08. The Morgan fingerprint density at radius 2 is 2.18 bits per heavy atom. The zero-order valence-corrected chi connectivity index (χ0v) is 13.0. The maximum absolute atomic E-state index is 11.6. The minimum Gasteiger partial charge on any atom is -0.462 e. The standard InChI is InChI=1S/C17H14ClNO3/c1-3-21-17(20)12(10-19)8-14-6-7-16(22-14)15-9-13(18)5-4-11(15)2/h4-9H,3H2,1-2H3/b12-8+. The summed E-state index contributed by atoms with van der Waals surface area (Å²) in [6.07, 6.45) is 1.36. The summed E-state index contributed by atoms with van der Waals surface area (Å²) in [5.74, 6) is 0.355. The maximum Gasteiger partial charge on any atom is 0.349 e. The lowest BCUT2D eigenvalue weighted by Crippen LogP contribution is -2.05. The van der Waals surface area contributed by atoms with Gasteiger partial charge in [0.25, 0.3) is 0 Å². The third-order valence-corrected chi connectivity index (χ3v) is 3.23. The highest BCUT2D eigenvalue weighted by atomic mass is 35.5. The van der Waals surface area contributed by atoms with Crippen LogP contribution in [-0.2, 0) is 9.53 Å². The van der Waals surface area contributed by atoms with Gasteiger partial charge in [-0.05, 0) is 43.7 Å². The minimum atomic E-state index is -0.665. The molecule has 4 nitrogen and oxygen atoms in total. The summed E-state index contributed by atoms with van der Waals surface area (Å²) >= 11 is 6.00. The smallest absolute Gasteiger partial charge is 0.349 e. The van der Waals surface area contributed by atoms with Gasteiger partial charge in [0, 0.05) is 16.7 Å². The summed E-state index contributed by atoms with van der Waals surface area (Å²) in [5, 5.41) is 9.62. The number of carbonyl (C=O) groups is 1. The molecule has 22 heavy (non-hydrogen) atoms. The predicted molar refractivity (Wildman–Crippen MR) is 84.1 cm³/mol. The Labute approximate surface area is 133 Å². The van der Waals surface area contributed by atoms with E-state index < -0.39 is 5.97 Å². The highest BCUT2D eigenvalue weighted by Gasteiger charge is 2.12. The summed E-state index contributed by atoms with van der Waals surface area (Å²) in [6.45, 7) is 3.84. The molecule has 0 fully saturated rings. The monoisotopic (exact) mass is 315 g/mol.